The standard InChI is InChI=1S/C4H6ClN3O2/c1-9-3-6-4(8-7-3)10-2-5/h2H2,1H3,(H,6,7,8). The maximum atomic E-state index is 5.24. The number of hydrogen-bond donors (Lipinski definition) is 1. The molecule has 1 rings (SSSR count). The molecule has 5 nitrogen and oxygen atoms in total. The van der Waals surface area contributed by atoms with Crippen LogP contribution in [0, 0.1) is 0 Å². The summed E-state index contributed by atoms with van der Waals surface area (Å²) in [6.07, 6.45) is 0. The number of hydrogen-bond acceptors (Lipinski definition) is 4. The lowest BCUT2D eigenvalue weighted by Crippen LogP contribution is -1.90. The lowest BCUT2D eigenvalue weighted by atomic mass is 11.1. The van der Waals surface area contributed by atoms with Crippen molar-refractivity contribution in [3.05, 3.63) is 0 Å². The number of halogens is 1. The van der Waals surface area contributed by atoms with E-state index in [1.54, 1.807) is 0 Å². The van der Waals surface area contributed by atoms with Crippen LogP contribution >= 0.6 is 11.6 Å². The molecule has 0 bridgehead atoms. The highest BCUT2D eigenvalue weighted by molar-refractivity contribution is 6.17. The Labute approximate surface area is 62.3 Å². The van der Waals surface area contributed by atoms with Crippen LogP contribution in [-0.2, 0) is 0 Å². The number of ether oxygens (including phenoxy) is 2. The predicted molar refractivity (Wildman–Crippen MR) is 34.3 cm³/mol. The van der Waals surface area contributed by atoms with Gasteiger partial charge >= 0.3 is 12.0 Å². The van der Waals surface area contributed by atoms with Gasteiger partial charge in [0.1, 0.15) is 0 Å². The second-order valence-corrected chi connectivity index (χ2v) is 1.60. The van der Waals surface area contributed by atoms with Crippen LogP contribution in [0.3, 0.4) is 0 Å². The quantitative estimate of drug-likeness (QED) is 0.655. The van der Waals surface area contributed by atoms with E-state index in [0.29, 0.717) is 0 Å². The van der Waals surface area contributed by atoms with Crippen LogP contribution in [0.4, 0.5) is 0 Å². The van der Waals surface area contributed by atoms with Gasteiger partial charge in [0.15, 0.2) is 6.07 Å². The Balaban J connectivity index is 2.59. The van der Waals surface area contributed by atoms with E-state index in [4.69, 9.17) is 16.3 Å². The first kappa shape index (κ1) is 7.14. The average molecular weight is 164 g/mol. The van der Waals surface area contributed by atoms with Gasteiger partial charge in [-0.1, -0.05) is 11.6 Å². The van der Waals surface area contributed by atoms with Crippen molar-refractivity contribution in [1.29, 1.82) is 0 Å². The third-order valence-electron chi connectivity index (χ3n) is 0.818. The molecule has 0 saturated carbocycles. The summed E-state index contributed by atoms with van der Waals surface area (Å²) >= 11 is 5.24. The van der Waals surface area contributed by atoms with Gasteiger partial charge in [-0.3, -0.25) is 0 Å². The summed E-state index contributed by atoms with van der Waals surface area (Å²) in [6.45, 7) is 0. The Morgan fingerprint density at radius 1 is 1.70 bits per heavy atom. The van der Waals surface area contributed by atoms with Crippen molar-refractivity contribution in [3.8, 4) is 12.0 Å². The summed E-state index contributed by atoms with van der Waals surface area (Å²) in [6, 6.07) is 0.533. The van der Waals surface area contributed by atoms with E-state index in [1.807, 2.05) is 0 Å². The molecule has 0 amide bonds. The second-order valence-electron chi connectivity index (χ2n) is 1.38. The Morgan fingerprint density at radius 2 is 2.50 bits per heavy atom. The van der Waals surface area contributed by atoms with Crippen molar-refractivity contribution in [2.45, 2.75) is 0 Å². The minimum absolute atomic E-state index is 0.0400. The Bertz CT molecular complexity index is 202. The van der Waals surface area contributed by atoms with Crippen LogP contribution in [0.15, 0.2) is 0 Å². The predicted octanol–water partition coefficient (Wildman–Crippen LogP) is 0.388. The zero-order valence-electron chi connectivity index (χ0n) is 5.30. The van der Waals surface area contributed by atoms with E-state index in [0.717, 1.165) is 0 Å². The Kier molecular flexibility index (Phi) is 2.33. The van der Waals surface area contributed by atoms with Gasteiger partial charge in [-0.05, 0) is 0 Å². The van der Waals surface area contributed by atoms with E-state index in [-0.39, 0.29) is 18.1 Å². The van der Waals surface area contributed by atoms with Gasteiger partial charge in [-0.15, -0.1) is 10.1 Å². The molecule has 1 aromatic heterocycles. The molecule has 0 aliphatic heterocycles. The molecule has 0 saturated heterocycles. The topological polar surface area (TPSA) is 60.0 Å². The lowest BCUT2D eigenvalue weighted by Gasteiger charge is -1.90. The van der Waals surface area contributed by atoms with Crippen LogP contribution in [0.1, 0.15) is 0 Å². The fraction of sp³-hybridized carbons (Fsp3) is 0.500. The summed E-state index contributed by atoms with van der Waals surface area (Å²) in [7, 11) is 1.47. The molecule has 0 aromatic carbocycles. The maximum absolute atomic E-state index is 5.24. The van der Waals surface area contributed by atoms with E-state index in [9.17, 15) is 0 Å². The molecule has 0 spiro atoms. The normalized spacial score (nSPS) is 9.40. The van der Waals surface area contributed by atoms with Gasteiger partial charge in [-0.2, -0.15) is 0 Å². The maximum Gasteiger partial charge on any atom is 0.338 e. The fourth-order valence-corrected chi connectivity index (χ4v) is 0.543. The highest BCUT2D eigenvalue weighted by Crippen LogP contribution is 2.06. The number of aromatic amines is 1. The van der Waals surface area contributed by atoms with Crippen molar-refractivity contribution >= 4 is 11.6 Å². The SMILES string of the molecule is COc1n[nH]c(OCCl)n1. The van der Waals surface area contributed by atoms with Crippen LogP contribution in [-0.4, -0.2) is 28.4 Å². The van der Waals surface area contributed by atoms with Gasteiger partial charge in [0, 0.05) is 0 Å². The first-order valence-electron chi connectivity index (χ1n) is 2.52. The van der Waals surface area contributed by atoms with Crippen LogP contribution in [0.2, 0.25) is 0 Å². The molecule has 1 N–H and O–H groups in total. The third kappa shape index (κ3) is 1.51. The van der Waals surface area contributed by atoms with E-state index in [1.165, 1.54) is 7.11 Å². The van der Waals surface area contributed by atoms with Crippen molar-refractivity contribution < 1.29 is 9.47 Å². The summed E-state index contributed by atoms with van der Waals surface area (Å²) < 4.78 is 9.41. The molecule has 0 aliphatic rings. The number of aromatic nitrogens is 3. The minimum atomic E-state index is 0.0400. The Morgan fingerprint density at radius 3 is 3.00 bits per heavy atom. The molecule has 0 atom stereocenters. The van der Waals surface area contributed by atoms with E-state index in [2.05, 4.69) is 19.9 Å². The zero-order chi connectivity index (χ0) is 7.40. The largest absolute Gasteiger partial charge is 0.466 e. The van der Waals surface area contributed by atoms with Crippen LogP contribution in [0.25, 0.3) is 0 Å². The monoisotopic (exact) mass is 163 g/mol. The molecule has 0 fully saturated rings. The lowest BCUT2D eigenvalue weighted by molar-refractivity contribution is 0.350. The highest BCUT2D eigenvalue weighted by atomic mass is 35.5. The smallest absolute Gasteiger partial charge is 0.338 e. The number of alkyl halides is 1. The van der Waals surface area contributed by atoms with Crippen LogP contribution in [0.5, 0.6) is 12.0 Å². The summed E-state index contributed by atoms with van der Waals surface area (Å²) in [5, 5.41) is 6.08. The number of nitrogens with one attached hydrogen (secondary N) is 1. The van der Waals surface area contributed by atoms with Gasteiger partial charge in [0.2, 0.25) is 0 Å². The summed E-state index contributed by atoms with van der Waals surface area (Å²) in [4.78, 5) is 3.72. The van der Waals surface area contributed by atoms with E-state index >= 15 is 0 Å². The Hall–Kier alpha value is -0.970. The van der Waals surface area contributed by atoms with Gasteiger partial charge < -0.3 is 9.47 Å². The second kappa shape index (κ2) is 3.26. The number of H-pyrrole nitrogens is 1. The molecular weight excluding hydrogens is 158 g/mol. The fourth-order valence-electron chi connectivity index (χ4n) is 0.440. The van der Waals surface area contributed by atoms with Gasteiger partial charge in [0.05, 0.1) is 7.11 Å². The molecule has 1 heterocycles. The van der Waals surface area contributed by atoms with Crippen molar-refractivity contribution in [1.82, 2.24) is 15.2 Å². The van der Waals surface area contributed by atoms with Gasteiger partial charge in [0.25, 0.3) is 0 Å². The molecule has 10 heavy (non-hydrogen) atoms. The minimum Gasteiger partial charge on any atom is -0.466 e. The number of nitrogens with zero attached hydrogens (tertiary/aromatic N) is 2. The molecule has 56 valence electrons. The average Bonchev–Trinajstić information content (AvgIpc) is 2.37. The first-order valence-corrected chi connectivity index (χ1v) is 3.05. The zero-order valence-corrected chi connectivity index (χ0v) is 6.05. The molecule has 0 aliphatic carbocycles. The van der Waals surface area contributed by atoms with Gasteiger partial charge in [-0.25, -0.2) is 5.10 Å². The third-order valence-corrected chi connectivity index (χ3v) is 0.927. The molecule has 0 radical (unpaired) electrons. The number of rotatable bonds is 3. The van der Waals surface area contributed by atoms with Crippen molar-refractivity contribution in [2.75, 3.05) is 13.2 Å². The molecule has 1 aromatic rings. The molecule has 6 heteroatoms. The van der Waals surface area contributed by atoms with Crippen LogP contribution < -0.4 is 9.47 Å². The summed E-state index contributed by atoms with van der Waals surface area (Å²) in [5.41, 5.74) is 0. The summed E-state index contributed by atoms with van der Waals surface area (Å²) in [5.74, 6) is 0. The first-order chi connectivity index (χ1) is 4.86. The molecular formula is C4H6ClN3O2. The number of methoxy groups -OCH3 is 1. The highest BCUT2D eigenvalue weighted by Gasteiger charge is 2.00. The molecule has 0 unspecified atom stereocenters. The van der Waals surface area contributed by atoms with E-state index < -0.39 is 0 Å². The van der Waals surface area contributed by atoms with Crippen molar-refractivity contribution in [3.63, 3.8) is 0 Å². The van der Waals surface area contributed by atoms with Crippen molar-refractivity contribution in [2.24, 2.45) is 0 Å².